The summed E-state index contributed by atoms with van der Waals surface area (Å²) in [4.78, 5) is 2.47. The van der Waals surface area contributed by atoms with Crippen LogP contribution < -0.4 is 5.32 Å². The van der Waals surface area contributed by atoms with Crippen LogP contribution in [0.1, 0.15) is 17.0 Å². The summed E-state index contributed by atoms with van der Waals surface area (Å²) in [6.07, 6.45) is 0. The van der Waals surface area contributed by atoms with Crippen molar-refractivity contribution in [1.29, 1.82) is 0 Å². The molecule has 3 aliphatic rings. The van der Waals surface area contributed by atoms with Crippen LogP contribution in [0.25, 0.3) is 0 Å². The van der Waals surface area contributed by atoms with Crippen LogP contribution in [0.2, 0.25) is 0 Å². The Bertz CT molecular complexity index is 644. The average molecular weight is 361 g/mol. The number of halogens is 2. The lowest BCUT2D eigenvalue weighted by Crippen LogP contribution is -2.71. The molecule has 114 valence electrons. The molecular formula is C18H18BrFN2. The van der Waals surface area contributed by atoms with Crippen molar-refractivity contribution in [2.24, 2.45) is 0 Å². The second kappa shape index (κ2) is 5.76. The van der Waals surface area contributed by atoms with Gasteiger partial charge < -0.3 is 5.32 Å². The van der Waals surface area contributed by atoms with Crippen LogP contribution in [-0.4, -0.2) is 30.1 Å². The van der Waals surface area contributed by atoms with E-state index in [1.165, 1.54) is 11.1 Å². The second-order valence-corrected chi connectivity index (χ2v) is 7.19. The Hall–Kier alpha value is -1.23. The molecule has 0 saturated carbocycles. The lowest BCUT2D eigenvalue weighted by molar-refractivity contribution is 0.0471. The topological polar surface area (TPSA) is 15.3 Å². The van der Waals surface area contributed by atoms with Gasteiger partial charge in [-0.15, -0.1) is 0 Å². The largest absolute Gasteiger partial charge is 0.307 e. The Morgan fingerprint density at radius 2 is 1.64 bits per heavy atom. The molecule has 2 aromatic rings. The maximum absolute atomic E-state index is 13.0. The highest BCUT2D eigenvalue weighted by Gasteiger charge is 2.46. The molecule has 2 atom stereocenters. The number of hydrogen-bond donors (Lipinski definition) is 1. The molecule has 2 nitrogen and oxygen atoms in total. The van der Waals surface area contributed by atoms with Crippen molar-refractivity contribution in [3.05, 3.63) is 69.9 Å². The predicted octanol–water partition coefficient (Wildman–Crippen LogP) is 3.53. The minimum atomic E-state index is -0.165. The fourth-order valence-electron chi connectivity index (χ4n) is 3.73. The number of benzene rings is 2. The van der Waals surface area contributed by atoms with Crippen LogP contribution in [0, 0.1) is 5.82 Å². The van der Waals surface area contributed by atoms with Gasteiger partial charge in [0.25, 0.3) is 0 Å². The van der Waals surface area contributed by atoms with Crippen LogP contribution in [0.15, 0.2) is 53.0 Å². The van der Waals surface area contributed by atoms with Crippen LogP contribution in [0.3, 0.4) is 0 Å². The van der Waals surface area contributed by atoms with Gasteiger partial charge in [-0.2, -0.15) is 0 Å². The molecule has 0 aromatic heterocycles. The summed E-state index contributed by atoms with van der Waals surface area (Å²) in [5.41, 5.74) is 2.61. The van der Waals surface area contributed by atoms with Crippen LogP contribution in [0.4, 0.5) is 4.39 Å². The molecule has 5 rings (SSSR count). The van der Waals surface area contributed by atoms with Crippen LogP contribution >= 0.6 is 15.9 Å². The van der Waals surface area contributed by atoms with Crippen molar-refractivity contribution in [3.8, 4) is 0 Å². The minimum Gasteiger partial charge on any atom is -0.307 e. The summed E-state index contributed by atoms with van der Waals surface area (Å²) in [6, 6.07) is 16.6. The molecule has 3 heterocycles. The van der Waals surface area contributed by atoms with E-state index in [-0.39, 0.29) is 5.82 Å². The van der Waals surface area contributed by atoms with Gasteiger partial charge in [0.1, 0.15) is 5.82 Å². The first-order valence-corrected chi connectivity index (χ1v) is 8.47. The molecule has 22 heavy (non-hydrogen) atoms. The van der Waals surface area contributed by atoms with E-state index in [1.54, 1.807) is 12.1 Å². The van der Waals surface area contributed by atoms with Crippen molar-refractivity contribution in [1.82, 2.24) is 10.2 Å². The summed E-state index contributed by atoms with van der Waals surface area (Å²) in [6.45, 7) is 3.01. The summed E-state index contributed by atoms with van der Waals surface area (Å²) in [5.74, 6) is 0.458. The third kappa shape index (κ3) is 2.71. The van der Waals surface area contributed by atoms with Crippen molar-refractivity contribution in [2.45, 2.75) is 24.5 Å². The van der Waals surface area contributed by atoms with Gasteiger partial charge in [0, 0.05) is 42.1 Å². The Labute approximate surface area is 138 Å². The fraction of sp³-hybridized carbons (Fsp3) is 0.333. The Morgan fingerprint density at radius 1 is 1.00 bits per heavy atom. The first-order valence-electron chi connectivity index (χ1n) is 7.67. The zero-order valence-corrected chi connectivity index (χ0v) is 13.8. The van der Waals surface area contributed by atoms with Gasteiger partial charge >= 0.3 is 0 Å². The van der Waals surface area contributed by atoms with E-state index in [4.69, 9.17) is 0 Å². The molecule has 2 aromatic carbocycles. The van der Waals surface area contributed by atoms with E-state index in [1.807, 2.05) is 12.1 Å². The normalized spacial score (nSPS) is 27.5. The highest BCUT2D eigenvalue weighted by atomic mass is 79.9. The number of rotatable bonds is 3. The predicted molar refractivity (Wildman–Crippen MR) is 89.3 cm³/mol. The third-order valence-corrected chi connectivity index (χ3v) is 5.31. The lowest BCUT2D eigenvalue weighted by Gasteiger charge is -2.55. The van der Waals surface area contributed by atoms with Crippen LogP contribution in [-0.2, 0) is 6.54 Å². The van der Waals surface area contributed by atoms with E-state index in [9.17, 15) is 4.39 Å². The van der Waals surface area contributed by atoms with Gasteiger partial charge in [-0.3, -0.25) is 4.90 Å². The smallest absolute Gasteiger partial charge is 0.123 e. The van der Waals surface area contributed by atoms with Gasteiger partial charge in [0.15, 0.2) is 0 Å². The van der Waals surface area contributed by atoms with Crippen LogP contribution in [0.5, 0.6) is 0 Å². The molecule has 4 heteroatoms. The zero-order valence-electron chi connectivity index (χ0n) is 12.2. The van der Waals surface area contributed by atoms with E-state index < -0.39 is 0 Å². The lowest BCUT2D eigenvalue weighted by atomic mass is 9.74. The van der Waals surface area contributed by atoms with E-state index >= 15 is 0 Å². The summed E-state index contributed by atoms with van der Waals surface area (Å²) in [5, 5.41) is 3.65. The van der Waals surface area contributed by atoms with Crippen molar-refractivity contribution in [2.75, 3.05) is 13.1 Å². The second-order valence-electron chi connectivity index (χ2n) is 6.28. The van der Waals surface area contributed by atoms with Crippen molar-refractivity contribution in [3.63, 3.8) is 0 Å². The molecule has 2 bridgehead atoms. The summed E-state index contributed by atoms with van der Waals surface area (Å²) in [7, 11) is 0. The number of piperidine rings is 1. The zero-order chi connectivity index (χ0) is 15.1. The standard InChI is InChI=1S/C18H18BrFN2/c19-14-5-3-13(4-6-14)18-16-10-22(11-17(18)21-16)9-12-1-7-15(20)8-2-12/h1-8,16-18,21H,9-11H2. The van der Waals surface area contributed by atoms with E-state index in [0.29, 0.717) is 18.0 Å². The number of fused-ring (bicyclic) bond motifs is 2. The molecule has 3 saturated heterocycles. The summed E-state index contributed by atoms with van der Waals surface area (Å²) < 4.78 is 14.1. The maximum atomic E-state index is 13.0. The van der Waals surface area contributed by atoms with Gasteiger partial charge in [-0.1, -0.05) is 40.2 Å². The quantitative estimate of drug-likeness (QED) is 0.900. The number of nitrogens with one attached hydrogen (secondary N) is 1. The van der Waals surface area contributed by atoms with Gasteiger partial charge in [0.05, 0.1) is 0 Å². The monoisotopic (exact) mass is 360 g/mol. The highest BCUT2D eigenvalue weighted by molar-refractivity contribution is 9.10. The van der Waals surface area contributed by atoms with Crippen molar-refractivity contribution < 1.29 is 4.39 Å². The third-order valence-electron chi connectivity index (χ3n) is 4.78. The van der Waals surface area contributed by atoms with Gasteiger partial charge in [-0.05, 0) is 35.4 Å². The van der Waals surface area contributed by atoms with Crippen molar-refractivity contribution >= 4 is 15.9 Å². The molecule has 0 radical (unpaired) electrons. The highest BCUT2D eigenvalue weighted by Crippen LogP contribution is 2.37. The number of nitrogens with zero attached hydrogens (tertiary/aromatic N) is 1. The molecular weight excluding hydrogens is 343 g/mol. The maximum Gasteiger partial charge on any atom is 0.123 e. The summed E-state index contributed by atoms with van der Waals surface area (Å²) >= 11 is 3.50. The number of piperazine rings is 1. The Balaban J connectivity index is 1.41. The van der Waals surface area contributed by atoms with Gasteiger partial charge in [-0.25, -0.2) is 4.39 Å². The molecule has 0 spiro atoms. The first kappa shape index (κ1) is 14.4. The first-order chi connectivity index (χ1) is 10.7. The molecule has 1 N–H and O–H groups in total. The molecule has 0 aliphatic carbocycles. The molecule has 0 amide bonds. The number of hydrogen-bond acceptors (Lipinski definition) is 2. The van der Waals surface area contributed by atoms with E-state index in [0.717, 1.165) is 24.1 Å². The average Bonchev–Trinajstić information content (AvgIpc) is 2.52. The fourth-order valence-corrected chi connectivity index (χ4v) is 4.00. The SMILES string of the molecule is Fc1ccc(CN2CC3NC(C2)C3c2ccc(Br)cc2)cc1. The Kier molecular flexibility index (Phi) is 3.76. The minimum absolute atomic E-state index is 0.165. The molecule has 3 fully saturated rings. The molecule has 3 aliphatic heterocycles. The van der Waals surface area contributed by atoms with Gasteiger partial charge in [0.2, 0.25) is 0 Å². The van der Waals surface area contributed by atoms with E-state index in [2.05, 4.69) is 50.4 Å². The molecule has 2 unspecified atom stereocenters. The Morgan fingerprint density at radius 3 is 2.27 bits per heavy atom.